The molecule has 2 aromatic heterocycles. The van der Waals surface area contributed by atoms with Gasteiger partial charge in [0, 0.05) is 17.4 Å². The number of carbonyl (C=O) groups is 2. The number of anilines is 1. The van der Waals surface area contributed by atoms with Crippen molar-refractivity contribution in [1.29, 1.82) is 0 Å². The van der Waals surface area contributed by atoms with Crippen LogP contribution in [0, 0.1) is 6.92 Å². The molecule has 7 heteroatoms. The maximum Gasteiger partial charge on any atom is 0.274 e. The van der Waals surface area contributed by atoms with E-state index in [1.54, 1.807) is 28.7 Å². The molecule has 128 valence electrons. The normalized spacial score (nSPS) is 10.8. The quantitative estimate of drug-likeness (QED) is 0.703. The predicted molar refractivity (Wildman–Crippen MR) is 99.9 cm³/mol. The molecule has 25 heavy (non-hydrogen) atoms. The smallest absolute Gasteiger partial charge is 0.274 e. The Morgan fingerprint density at radius 2 is 1.96 bits per heavy atom. The number of aromatic nitrogens is 2. The summed E-state index contributed by atoms with van der Waals surface area (Å²) in [5.74, 6) is -0.762. The maximum absolute atomic E-state index is 12.8. The van der Waals surface area contributed by atoms with Crippen LogP contribution in [0.1, 0.15) is 39.0 Å². The zero-order valence-electron chi connectivity index (χ0n) is 13.8. The first kappa shape index (κ1) is 17.2. The summed E-state index contributed by atoms with van der Waals surface area (Å²) in [6.07, 6.45) is 2.52. The van der Waals surface area contributed by atoms with Crippen LogP contribution < -0.4 is 11.1 Å². The fourth-order valence-corrected chi connectivity index (χ4v) is 3.31. The second-order valence-electron chi connectivity index (χ2n) is 5.72. The topological polar surface area (TPSA) is 89.5 Å². The van der Waals surface area contributed by atoms with Gasteiger partial charge in [0.2, 0.25) is 5.91 Å². The molecule has 0 fully saturated rings. The zero-order valence-corrected chi connectivity index (χ0v) is 15.4. The van der Waals surface area contributed by atoms with Crippen LogP contribution in [0.25, 0.3) is 5.65 Å². The number of primary amides is 1. The third-order valence-corrected chi connectivity index (χ3v) is 4.44. The number of rotatable bonds is 4. The Labute approximate surface area is 153 Å². The van der Waals surface area contributed by atoms with Crippen molar-refractivity contribution in [3.8, 4) is 0 Å². The standard InChI is InChI=1S/C18H17BrN4O2/c1-3-14-15(23-9-10(2)8-13(19)17(23)22-14)18(25)21-12-6-4-11(5-7-12)16(20)24/h4-9H,3H2,1-2H3,(H2,20,24)(H,21,25). The molecule has 0 atom stereocenters. The molecule has 0 saturated carbocycles. The summed E-state index contributed by atoms with van der Waals surface area (Å²) in [6.45, 7) is 3.92. The minimum absolute atomic E-state index is 0.256. The van der Waals surface area contributed by atoms with Gasteiger partial charge in [-0.05, 0) is 65.2 Å². The SMILES string of the molecule is CCc1nc2c(Br)cc(C)cn2c1C(=O)Nc1ccc(C(N)=O)cc1. The minimum Gasteiger partial charge on any atom is -0.366 e. The molecule has 0 aliphatic heterocycles. The van der Waals surface area contributed by atoms with Crippen molar-refractivity contribution in [2.75, 3.05) is 5.32 Å². The summed E-state index contributed by atoms with van der Waals surface area (Å²) >= 11 is 3.50. The number of halogens is 1. The van der Waals surface area contributed by atoms with Gasteiger partial charge in [-0.3, -0.25) is 14.0 Å². The molecule has 6 nitrogen and oxygen atoms in total. The van der Waals surface area contributed by atoms with E-state index in [2.05, 4.69) is 26.2 Å². The second-order valence-corrected chi connectivity index (χ2v) is 6.57. The van der Waals surface area contributed by atoms with Crippen LogP contribution >= 0.6 is 15.9 Å². The Balaban J connectivity index is 2.00. The number of nitrogens with two attached hydrogens (primary N) is 1. The lowest BCUT2D eigenvalue weighted by atomic mass is 10.2. The summed E-state index contributed by atoms with van der Waals surface area (Å²) in [6, 6.07) is 8.41. The molecule has 2 amide bonds. The van der Waals surface area contributed by atoms with Crippen LogP contribution in [0.15, 0.2) is 41.0 Å². The molecule has 0 spiro atoms. The number of fused-ring (bicyclic) bond motifs is 1. The third kappa shape index (κ3) is 3.28. The van der Waals surface area contributed by atoms with E-state index in [0.717, 1.165) is 15.7 Å². The van der Waals surface area contributed by atoms with Crippen molar-refractivity contribution in [3.05, 3.63) is 63.5 Å². The molecular weight excluding hydrogens is 384 g/mol. The van der Waals surface area contributed by atoms with Crippen molar-refractivity contribution in [3.63, 3.8) is 0 Å². The molecule has 0 unspecified atom stereocenters. The Kier molecular flexibility index (Phi) is 4.59. The van der Waals surface area contributed by atoms with Gasteiger partial charge in [0.15, 0.2) is 5.65 Å². The van der Waals surface area contributed by atoms with Crippen molar-refractivity contribution in [2.24, 2.45) is 5.73 Å². The van der Waals surface area contributed by atoms with Crippen molar-refractivity contribution < 1.29 is 9.59 Å². The second kappa shape index (κ2) is 6.68. The fraction of sp³-hybridized carbons (Fsp3) is 0.167. The van der Waals surface area contributed by atoms with Crippen LogP contribution in [-0.2, 0) is 6.42 Å². The molecule has 3 N–H and O–H groups in total. The molecule has 3 rings (SSSR count). The van der Waals surface area contributed by atoms with Gasteiger partial charge in [0.05, 0.1) is 10.2 Å². The summed E-state index contributed by atoms with van der Waals surface area (Å²) in [5, 5.41) is 2.85. The molecule has 0 aliphatic carbocycles. The zero-order chi connectivity index (χ0) is 18.1. The Hall–Kier alpha value is -2.67. The lowest BCUT2D eigenvalue weighted by Crippen LogP contribution is -2.17. The Morgan fingerprint density at radius 1 is 1.28 bits per heavy atom. The van der Waals surface area contributed by atoms with E-state index < -0.39 is 5.91 Å². The number of nitrogens with one attached hydrogen (secondary N) is 1. The minimum atomic E-state index is -0.506. The van der Waals surface area contributed by atoms with E-state index in [1.807, 2.05) is 26.1 Å². The van der Waals surface area contributed by atoms with E-state index >= 15 is 0 Å². The molecule has 1 aromatic carbocycles. The number of nitrogens with zero attached hydrogens (tertiary/aromatic N) is 2. The number of pyridine rings is 1. The average molecular weight is 401 g/mol. The highest BCUT2D eigenvalue weighted by Gasteiger charge is 2.20. The number of aryl methyl sites for hydroxylation is 2. The predicted octanol–water partition coefficient (Wildman–Crippen LogP) is 3.32. The Bertz CT molecular complexity index is 977. The van der Waals surface area contributed by atoms with Crippen LogP contribution in [0.3, 0.4) is 0 Å². The summed E-state index contributed by atoms with van der Waals surface area (Å²) < 4.78 is 2.64. The third-order valence-electron chi connectivity index (χ3n) is 3.86. The summed E-state index contributed by atoms with van der Waals surface area (Å²) in [7, 11) is 0. The van der Waals surface area contributed by atoms with Crippen LogP contribution in [-0.4, -0.2) is 21.2 Å². The van der Waals surface area contributed by atoms with E-state index in [-0.39, 0.29) is 5.91 Å². The lowest BCUT2D eigenvalue weighted by Gasteiger charge is -2.08. The van der Waals surface area contributed by atoms with Gasteiger partial charge in [-0.2, -0.15) is 0 Å². The number of imidazole rings is 1. The fourth-order valence-electron chi connectivity index (χ4n) is 2.67. The van der Waals surface area contributed by atoms with Gasteiger partial charge in [-0.25, -0.2) is 4.98 Å². The van der Waals surface area contributed by atoms with Gasteiger partial charge < -0.3 is 11.1 Å². The largest absolute Gasteiger partial charge is 0.366 e. The molecule has 3 aromatic rings. The number of amides is 2. The maximum atomic E-state index is 12.8. The number of hydrogen-bond donors (Lipinski definition) is 2. The lowest BCUT2D eigenvalue weighted by molar-refractivity contribution is 0.0997. The van der Waals surface area contributed by atoms with E-state index in [4.69, 9.17) is 5.73 Å². The molecular formula is C18H17BrN4O2. The van der Waals surface area contributed by atoms with Gasteiger partial charge in [-0.1, -0.05) is 6.92 Å². The van der Waals surface area contributed by atoms with Crippen LogP contribution in [0.5, 0.6) is 0 Å². The van der Waals surface area contributed by atoms with Crippen molar-refractivity contribution in [2.45, 2.75) is 20.3 Å². The van der Waals surface area contributed by atoms with Crippen molar-refractivity contribution >= 4 is 39.1 Å². The first-order valence-corrected chi connectivity index (χ1v) is 8.58. The summed E-state index contributed by atoms with van der Waals surface area (Å²) in [4.78, 5) is 28.5. The van der Waals surface area contributed by atoms with E-state index in [9.17, 15) is 9.59 Å². The first-order chi connectivity index (χ1) is 11.9. The monoisotopic (exact) mass is 400 g/mol. The van der Waals surface area contributed by atoms with Gasteiger partial charge in [0.1, 0.15) is 5.69 Å². The molecule has 2 heterocycles. The van der Waals surface area contributed by atoms with Crippen LogP contribution in [0.4, 0.5) is 5.69 Å². The molecule has 0 radical (unpaired) electrons. The number of benzene rings is 1. The van der Waals surface area contributed by atoms with E-state index in [0.29, 0.717) is 29.0 Å². The van der Waals surface area contributed by atoms with Gasteiger partial charge >= 0.3 is 0 Å². The van der Waals surface area contributed by atoms with Crippen LogP contribution in [0.2, 0.25) is 0 Å². The highest BCUT2D eigenvalue weighted by molar-refractivity contribution is 9.10. The molecule has 0 aliphatic rings. The first-order valence-electron chi connectivity index (χ1n) is 7.79. The highest BCUT2D eigenvalue weighted by atomic mass is 79.9. The number of carbonyl (C=O) groups excluding carboxylic acids is 2. The Morgan fingerprint density at radius 3 is 2.56 bits per heavy atom. The highest BCUT2D eigenvalue weighted by Crippen LogP contribution is 2.23. The molecule has 0 saturated heterocycles. The molecule has 0 bridgehead atoms. The summed E-state index contributed by atoms with van der Waals surface area (Å²) in [5.41, 5.74) is 9.14. The van der Waals surface area contributed by atoms with Crippen molar-refractivity contribution in [1.82, 2.24) is 9.38 Å². The van der Waals surface area contributed by atoms with Gasteiger partial charge in [-0.15, -0.1) is 0 Å². The van der Waals surface area contributed by atoms with E-state index in [1.165, 1.54) is 0 Å². The van der Waals surface area contributed by atoms with Gasteiger partial charge in [0.25, 0.3) is 5.91 Å². The average Bonchev–Trinajstić information content (AvgIpc) is 2.94. The number of hydrogen-bond acceptors (Lipinski definition) is 3.